The standard InChI is InChI=1S/C21H30N2O2/c1-14(2)13-23-20(25)17-10-6-5-9-16(17)18(19(24)22-15(3)4)21(23)11-7-8-12-21/h5-6,9-10,14-15,18H,7-8,11-13H2,1-4H3,(H,22,24)/t18-/m1/s1. The van der Waals surface area contributed by atoms with E-state index in [1.165, 1.54) is 0 Å². The van der Waals surface area contributed by atoms with Gasteiger partial charge in [-0.25, -0.2) is 0 Å². The van der Waals surface area contributed by atoms with E-state index in [0.29, 0.717) is 18.0 Å². The molecule has 1 N–H and O–H groups in total. The van der Waals surface area contributed by atoms with Crippen molar-refractivity contribution in [2.24, 2.45) is 5.92 Å². The van der Waals surface area contributed by atoms with Crippen molar-refractivity contribution in [3.63, 3.8) is 0 Å². The molecule has 1 aliphatic heterocycles. The van der Waals surface area contributed by atoms with E-state index < -0.39 is 0 Å². The Hall–Kier alpha value is -1.84. The monoisotopic (exact) mass is 342 g/mol. The average molecular weight is 342 g/mol. The number of fused-ring (bicyclic) bond motifs is 1. The summed E-state index contributed by atoms with van der Waals surface area (Å²) in [4.78, 5) is 28.6. The fourth-order valence-electron chi connectivity index (χ4n) is 4.67. The Kier molecular flexibility index (Phi) is 4.90. The van der Waals surface area contributed by atoms with Crippen molar-refractivity contribution in [1.82, 2.24) is 10.2 Å². The van der Waals surface area contributed by atoms with Gasteiger partial charge < -0.3 is 10.2 Å². The van der Waals surface area contributed by atoms with Gasteiger partial charge in [0.15, 0.2) is 0 Å². The van der Waals surface area contributed by atoms with Gasteiger partial charge in [-0.15, -0.1) is 0 Å². The first-order valence-electron chi connectivity index (χ1n) is 9.58. The fourth-order valence-corrected chi connectivity index (χ4v) is 4.67. The Morgan fingerprint density at radius 3 is 2.44 bits per heavy atom. The second-order valence-corrected chi connectivity index (χ2v) is 8.30. The maximum atomic E-state index is 13.3. The van der Waals surface area contributed by atoms with Crippen LogP contribution < -0.4 is 5.32 Å². The molecular weight excluding hydrogens is 312 g/mol. The third-order valence-corrected chi connectivity index (χ3v) is 5.53. The molecule has 4 heteroatoms. The van der Waals surface area contributed by atoms with E-state index in [1.807, 2.05) is 43.0 Å². The van der Waals surface area contributed by atoms with Gasteiger partial charge in [0.25, 0.3) is 5.91 Å². The second kappa shape index (κ2) is 6.81. The quantitative estimate of drug-likeness (QED) is 0.906. The van der Waals surface area contributed by atoms with Crippen molar-refractivity contribution in [2.45, 2.75) is 70.9 Å². The summed E-state index contributed by atoms with van der Waals surface area (Å²) in [5.74, 6) is 0.260. The molecule has 25 heavy (non-hydrogen) atoms. The van der Waals surface area contributed by atoms with Crippen LogP contribution in [0.15, 0.2) is 24.3 Å². The average Bonchev–Trinajstić information content (AvgIpc) is 3.01. The first kappa shape index (κ1) is 18.0. The zero-order chi connectivity index (χ0) is 18.2. The van der Waals surface area contributed by atoms with Crippen molar-refractivity contribution in [2.75, 3.05) is 6.54 Å². The van der Waals surface area contributed by atoms with Gasteiger partial charge in [-0.3, -0.25) is 9.59 Å². The molecule has 1 heterocycles. The molecule has 4 nitrogen and oxygen atoms in total. The van der Waals surface area contributed by atoms with E-state index in [1.54, 1.807) is 0 Å². The van der Waals surface area contributed by atoms with Gasteiger partial charge in [-0.2, -0.15) is 0 Å². The molecule has 2 amide bonds. The summed E-state index contributed by atoms with van der Waals surface area (Å²) in [6.07, 6.45) is 3.98. The van der Waals surface area contributed by atoms with Gasteiger partial charge in [-0.1, -0.05) is 44.9 Å². The van der Waals surface area contributed by atoms with Crippen molar-refractivity contribution in [3.8, 4) is 0 Å². The van der Waals surface area contributed by atoms with E-state index in [9.17, 15) is 9.59 Å². The fraction of sp³-hybridized carbons (Fsp3) is 0.619. The van der Waals surface area contributed by atoms with Crippen molar-refractivity contribution >= 4 is 11.8 Å². The van der Waals surface area contributed by atoms with Crippen molar-refractivity contribution in [3.05, 3.63) is 35.4 Å². The van der Waals surface area contributed by atoms with Gasteiger partial charge in [0.2, 0.25) is 5.91 Å². The molecule has 136 valence electrons. The van der Waals surface area contributed by atoms with Gasteiger partial charge in [0.05, 0.1) is 11.5 Å². The highest BCUT2D eigenvalue weighted by Crippen LogP contribution is 2.50. The molecule has 1 saturated carbocycles. The molecule has 1 aliphatic carbocycles. The zero-order valence-corrected chi connectivity index (χ0v) is 15.8. The van der Waals surface area contributed by atoms with Crippen LogP contribution in [0.1, 0.15) is 75.2 Å². The minimum Gasteiger partial charge on any atom is -0.353 e. The minimum atomic E-state index is -0.366. The van der Waals surface area contributed by atoms with Gasteiger partial charge in [-0.05, 0) is 44.2 Å². The summed E-state index contributed by atoms with van der Waals surface area (Å²) in [5.41, 5.74) is 1.24. The number of carbonyl (C=O) groups is 2. The summed E-state index contributed by atoms with van der Waals surface area (Å²) < 4.78 is 0. The lowest BCUT2D eigenvalue weighted by Gasteiger charge is -2.50. The number of amides is 2. The van der Waals surface area contributed by atoms with Crippen LogP contribution in [-0.2, 0) is 4.79 Å². The third kappa shape index (κ3) is 3.07. The number of benzene rings is 1. The lowest BCUT2D eigenvalue weighted by molar-refractivity contribution is -0.127. The van der Waals surface area contributed by atoms with Crippen LogP contribution >= 0.6 is 0 Å². The highest BCUT2D eigenvalue weighted by Gasteiger charge is 2.55. The van der Waals surface area contributed by atoms with Crippen LogP contribution in [0.25, 0.3) is 0 Å². The Bertz CT molecular complexity index is 660. The predicted molar refractivity (Wildman–Crippen MR) is 99.5 cm³/mol. The van der Waals surface area contributed by atoms with Crippen LogP contribution in [0.3, 0.4) is 0 Å². The molecule has 0 bridgehead atoms. The Morgan fingerprint density at radius 1 is 1.20 bits per heavy atom. The van der Waals surface area contributed by atoms with Gasteiger partial charge in [0.1, 0.15) is 0 Å². The Labute approximate surface area is 151 Å². The largest absolute Gasteiger partial charge is 0.353 e. The first-order valence-corrected chi connectivity index (χ1v) is 9.58. The highest BCUT2D eigenvalue weighted by molar-refractivity contribution is 6.02. The van der Waals surface area contributed by atoms with Gasteiger partial charge in [0, 0.05) is 18.2 Å². The van der Waals surface area contributed by atoms with E-state index in [4.69, 9.17) is 0 Å². The number of hydrogen-bond acceptors (Lipinski definition) is 2. The normalized spacial score (nSPS) is 21.9. The molecule has 1 aromatic rings. The lowest BCUT2D eigenvalue weighted by Crippen LogP contribution is -2.61. The smallest absolute Gasteiger partial charge is 0.254 e. The maximum Gasteiger partial charge on any atom is 0.254 e. The van der Waals surface area contributed by atoms with E-state index in [0.717, 1.165) is 31.2 Å². The van der Waals surface area contributed by atoms with E-state index >= 15 is 0 Å². The molecule has 1 aromatic carbocycles. The second-order valence-electron chi connectivity index (χ2n) is 8.30. The highest BCUT2D eigenvalue weighted by atomic mass is 16.2. The number of rotatable bonds is 4. The van der Waals surface area contributed by atoms with E-state index in [-0.39, 0.29) is 29.3 Å². The topological polar surface area (TPSA) is 49.4 Å². The summed E-state index contributed by atoms with van der Waals surface area (Å²) in [6.45, 7) is 8.97. The van der Waals surface area contributed by atoms with Gasteiger partial charge >= 0.3 is 0 Å². The van der Waals surface area contributed by atoms with Crippen molar-refractivity contribution in [1.29, 1.82) is 0 Å². The van der Waals surface area contributed by atoms with Crippen LogP contribution in [0.4, 0.5) is 0 Å². The zero-order valence-electron chi connectivity index (χ0n) is 15.8. The number of carbonyl (C=O) groups excluding carboxylic acids is 2. The molecule has 2 aliphatic rings. The van der Waals surface area contributed by atoms with Crippen LogP contribution in [-0.4, -0.2) is 34.8 Å². The lowest BCUT2D eigenvalue weighted by atomic mass is 9.70. The molecule has 3 rings (SSSR count). The summed E-state index contributed by atoms with van der Waals surface area (Å²) in [7, 11) is 0. The Morgan fingerprint density at radius 2 is 1.84 bits per heavy atom. The van der Waals surface area contributed by atoms with Crippen LogP contribution in [0, 0.1) is 5.92 Å². The molecular formula is C21H30N2O2. The van der Waals surface area contributed by atoms with Crippen LogP contribution in [0.5, 0.6) is 0 Å². The Balaban J connectivity index is 2.15. The molecule has 0 radical (unpaired) electrons. The predicted octanol–water partition coefficient (Wildman–Crippen LogP) is 3.72. The van der Waals surface area contributed by atoms with Crippen molar-refractivity contribution < 1.29 is 9.59 Å². The molecule has 1 fully saturated rings. The molecule has 0 unspecified atom stereocenters. The molecule has 1 spiro atoms. The molecule has 0 saturated heterocycles. The number of nitrogens with one attached hydrogen (secondary N) is 1. The molecule has 0 aromatic heterocycles. The molecule has 1 atom stereocenters. The summed E-state index contributed by atoms with van der Waals surface area (Å²) in [5, 5.41) is 3.12. The minimum absolute atomic E-state index is 0.0607. The number of nitrogens with zero attached hydrogens (tertiary/aromatic N) is 1. The first-order chi connectivity index (χ1) is 11.9. The summed E-state index contributed by atoms with van der Waals surface area (Å²) >= 11 is 0. The third-order valence-electron chi connectivity index (χ3n) is 5.53. The number of hydrogen-bond donors (Lipinski definition) is 1. The summed E-state index contributed by atoms with van der Waals surface area (Å²) in [6, 6.07) is 7.79. The maximum absolute atomic E-state index is 13.3. The van der Waals surface area contributed by atoms with Crippen LogP contribution in [0.2, 0.25) is 0 Å². The van der Waals surface area contributed by atoms with E-state index in [2.05, 4.69) is 19.2 Å². The SMILES string of the molecule is CC(C)CN1C(=O)c2ccccc2[C@H](C(=O)NC(C)C)C12CCCC2.